The van der Waals surface area contributed by atoms with E-state index in [1.165, 1.54) is 6.92 Å². The number of nitrogens with zero attached hydrogens (tertiary/aromatic N) is 2. The van der Waals surface area contributed by atoms with Crippen LogP contribution in [-0.4, -0.2) is 104 Å². The Morgan fingerprint density at radius 2 is 1.54 bits per heavy atom. The summed E-state index contributed by atoms with van der Waals surface area (Å²) in [5.41, 5.74) is 3.12. The Morgan fingerprint density at radius 3 is 2.10 bits per heavy atom. The van der Waals surface area contributed by atoms with Crippen molar-refractivity contribution in [2.45, 2.75) is 71.8 Å². The Morgan fingerprint density at radius 1 is 0.880 bits per heavy atom. The normalized spacial score (nSPS) is 15.6. The second kappa shape index (κ2) is 19.5. The number of carboxylic acid groups (broad SMARTS) is 2. The van der Waals surface area contributed by atoms with Gasteiger partial charge in [0, 0.05) is 38.2 Å². The number of esters is 1. The van der Waals surface area contributed by atoms with E-state index in [2.05, 4.69) is 15.1 Å². The monoisotopic (exact) mass is 697 g/mol. The summed E-state index contributed by atoms with van der Waals surface area (Å²) in [5, 5.41) is 22.5. The van der Waals surface area contributed by atoms with Crippen molar-refractivity contribution < 1.29 is 48.3 Å². The van der Waals surface area contributed by atoms with Crippen molar-refractivity contribution in [2.24, 2.45) is 0 Å². The molecule has 1 amide bonds. The maximum atomic E-state index is 12.9. The highest BCUT2D eigenvalue weighted by atomic mass is 16.5. The lowest BCUT2D eigenvalue weighted by atomic mass is 10.0. The van der Waals surface area contributed by atoms with Crippen LogP contribution in [-0.2, 0) is 25.6 Å². The third kappa shape index (κ3) is 11.8. The molecular formula is C37H51N3O10. The Balaban J connectivity index is 1.60. The van der Waals surface area contributed by atoms with Gasteiger partial charge in [0.1, 0.15) is 5.75 Å². The van der Waals surface area contributed by atoms with Crippen molar-refractivity contribution in [1.82, 2.24) is 9.80 Å². The summed E-state index contributed by atoms with van der Waals surface area (Å²) >= 11 is 0. The lowest BCUT2D eigenvalue weighted by Crippen LogP contribution is -2.45. The summed E-state index contributed by atoms with van der Waals surface area (Å²) in [6.07, 6.45) is 5.74. The molecule has 0 aliphatic carbocycles. The van der Waals surface area contributed by atoms with Gasteiger partial charge in [0.2, 0.25) is 11.7 Å². The topological polar surface area (TPSA) is 164 Å². The average Bonchev–Trinajstić information content (AvgIpc) is 3.25. The van der Waals surface area contributed by atoms with E-state index in [1.807, 2.05) is 26.0 Å². The minimum atomic E-state index is -1.30. The summed E-state index contributed by atoms with van der Waals surface area (Å²) in [5.74, 6) is -0.967. The Hall–Kier alpha value is -4.62. The number of nitrogens with one attached hydrogen (secondary N) is 1. The molecule has 0 bridgehead atoms. The van der Waals surface area contributed by atoms with Crippen molar-refractivity contribution >= 4 is 29.5 Å². The van der Waals surface area contributed by atoms with Gasteiger partial charge >= 0.3 is 17.9 Å². The number of carboxylic acids is 2. The minimum Gasteiger partial charge on any atom is -0.493 e. The SMILES string of the molecule is COc1cc(CCCCCN2CCCN(CCCC(=O)Nc3c(C)cc(OC(C)=O)cc3C)CC2/C(=C\C(=O)O)C(=O)O)cc(OC)c1OC. The highest BCUT2D eigenvalue weighted by Gasteiger charge is 2.31. The first kappa shape index (κ1) is 39.8. The second-order valence-corrected chi connectivity index (χ2v) is 12.5. The van der Waals surface area contributed by atoms with Gasteiger partial charge < -0.3 is 39.4 Å². The molecule has 50 heavy (non-hydrogen) atoms. The number of rotatable bonds is 18. The van der Waals surface area contributed by atoms with E-state index >= 15 is 0 Å². The summed E-state index contributed by atoms with van der Waals surface area (Å²) in [6.45, 7) is 7.84. The van der Waals surface area contributed by atoms with Gasteiger partial charge in [-0.15, -0.1) is 0 Å². The highest BCUT2D eigenvalue weighted by molar-refractivity contribution is 5.95. The van der Waals surface area contributed by atoms with Crippen LogP contribution in [0.2, 0.25) is 0 Å². The number of aliphatic carboxylic acids is 2. The van der Waals surface area contributed by atoms with Crippen LogP contribution < -0.4 is 24.3 Å². The fourth-order valence-electron chi connectivity index (χ4n) is 6.42. The molecule has 274 valence electrons. The smallest absolute Gasteiger partial charge is 0.333 e. The van der Waals surface area contributed by atoms with Crippen molar-refractivity contribution in [2.75, 3.05) is 59.4 Å². The third-order valence-corrected chi connectivity index (χ3v) is 8.72. The summed E-state index contributed by atoms with van der Waals surface area (Å²) in [6, 6.07) is 6.66. The molecule has 2 aromatic rings. The highest BCUT2D eigenvalue weighted by Crippen LogP contribution is 2.38. The van der Waals surface area contributed by atoms with E-state index in [0.717, 1.165) is 54.9 Å². The molecule has 1 aliphatic heterocycles. The molecule has 1 saturated heterocycles. The lowest BCUT2D eigenvalue weighted by Gasteiger charge is -2.32. The second-order valence-electron chi connectivity index (χ2n) is 12.5. The van der Waals surface area contributed by atoms with Gasteiger partial charge in [-0.2, -0.15) is 0 Å². The van der Waals surface area contributed by atoms with Crippen molar-refractivity contribution in [3.8, 4) is 23.0 Å². The van der Waals surface area contributed by atoms with Crippen molar-refractivity contribution in [1.29, 1.82) is 0 Å². The number of carbonyl (C=O) groups excluding carboxylic acids is 2. The van der Waals surface area contributed by atoms with Crippen LogP contribution in [0.25, 0.3) is 0 Å². The number of unbranched alkanes of at least 4 members (excludes halogenated alkanes) is 2. The fourth-order valence-corrected chi connectivity index (χ4v) is 6.42. The number of ether oxygens (including phenoxy) is 4. The number of hydrogen-bond donors (Lipinski definition) is 3. The Kier molecular flexibility index (Phi) is 15.6. The van der Waals surface area contributed by atoms with Crippen LogP contribution in [0, 0.1) is 13.8 Å². The van der Waals surface area contributed by atoms with E-state index in [1.54, 1.807) is 33.5 Å². The van der Waals surface area contributed by atoms with Crippen molar-refractivity contribution in [3.05, 3.63) is 52.6 Å². The van der Waals surface area contributed by atoms with E-state index in [-0.39, 0.29) is 17.9 Å². The minimum absolute atomic E-state index is 0.150. The molecule has 13 nitrogen and oxygen atoms in total. The molecule has 1 heterocycles. The molecule has 2 aromatic carbocycles. The first-order valence-electron chi connectivity index (χ1n) is 16.9. The van der Waals surface area contributed by atoms with Crippen LogP contribution in [0.5, 0.6) is 23.0 Å². The first-order chi connectivity index (χ1) is 23.9. The quantitative estimate of drug-likeness (QED) is 0.0841. The van der Waals surface area contributed by atoms with Crippen LogP contribution in [0.3, 0.4) is 0 Å². The van der Waals surface area contributed by atoms with Crippen LogP contribution >= 0.6 is 0 Å². The third-order valence-electron chi connectivity index (χ3n) is 8.72. The van der Waals surface area contributed by atoms with Gasteiger partial charge in [-0.25, -0.2) is 9.59 Å². The average molecular weight is 698 g/mol. The van der Waals surface area contributed by atoms with E-state index < -0.39 is 23.9 Å². The van der Waals surface area contributed by atoms with Crippen LogP contribution in [0.1, 0.15) is 62.1 Å². The first-order valence-corrected chi connectivity index (χ1v) is 16.9. The molecule has 3 rings (SSSR count). The molecule has 0 saturated carbocycles. The molecule has 1 atom stereocenters. The zero-order chi connectivity index (χ0) is 36.8. The van der Waals surface area contributed by atoms with E-state index in [9.17, 15) is 29.4 Å². The largest absolute Gasteiger partial charge is 0.493 e. The number of anilines is 1. The molecule has 1 aliphatic rings. The number of hydrogen-bond acceptors (Lipinski definition) is 10. The van der Waals surface area contributed by atoms with Crippen molar-refractivity contribution in [3.63, 3.8) is 0 Å². The molecule has 0 radical (unpaired) electrons. The predicted molar refractivity (Wildman–Crippen MR) is 189 cm³/mol. The zero-order valence-corrected chi connectivity index (χ0v) is 30.0. The molecule has 1 unspecified atom stereocenters. The van der Waals surface area contributed by atoms with Gasteiger partial charge in [-0.1, -0.05) is 6.42 Å². The molecule has 3 N–H and O–H groups in total. The fraction of sp³-hybridized carbons (Fsp3) is 0.514. The zero-order valence-electron chi connectivity index (χ0n) is 30.0. The van der Waals surface area contributed by atoms with Gasteiger partial charge in [0.05, 0.1) is 32.9 Å². The number of methoxy groups -OCH3 is 3. The van der Waals surface area contributed by atoms with Crippen LogP contribution in [0.4, 0.5) is 5.69 Å². The molecule has 13 heteroatoms. The van der Waals surface area contributed by atoms with Gasteiger partial charge in [0.25, 0.3) is 0 Å². The maximum Gasteiger partial charge on any atom is 0.333 e. The molecule has 1 fully saturated rings. The molecule has 0 spiro atoms. The Labute approximate surface area is 294 Å². The van der Waals surface area contributed by atoms with Gasteiger partial charge in [0.15, 0.2) is 11.5 Å². The Bertz CT molecular complexity index is 1490. The van der Waals surface area contributed by atoms with E-state index in [4.69, 9.17) is 18.9 Å². The van der Waals surface area contributed by atoms with Gasteiger partial charge in [-0.3, -0.25) is 14.5 Å². The molecule has 0 aromatic heterocycles. The lowest BCUT2D eigenvalue weighted by molar-refractivity contribution is -0.135. The van der Waals surface area contributed by atoms with E-state index in [0.29, 0.717) is 67.8 Å². The predicted octanol–water partition coefficient (Wildman–Crippen LogP) is 4.86. The summed E-state index contributed by atoms with van der Waals surface area (Å²) in [7, 11) is 4.73. The standard InChI is InChI=1S/C37H51N3O10/c1-24-18-28(50-26(3)41)19-25(2)35(24)38-33(42)13-10-14-39-15-11-17-40(30(23-39)29(37(45)46)22-34(43)44)16-9-7-8-12-27-20-31(47-4)36(49-6)32(21-27)48-5/h18-22,30H,7-17,23H2,1-6H3,(H,38,42)(H,43,44)(H,45,46)/b29-22+. The molecular weight excluding hydrogens is 646 g/mol. The summed E-state index contributed by atoms with van der Waals surface area (Å²) in [4.78, 5) is 52.4. The maximum absolute atomic E-state index is 12.9. The van der Waals surface area contributed by atoms with Gasteiger partial charge in [-0.05, 0) is 107 Å². The number of benzene rings is 2. The number of carbonyl (C=O) groups is 4. The van der Waals surface area contributed by atoms with Crippen LogP contribution in [0.15, 0.2) is 35.9 Å². The number of amides is 1. The number of aryl methyl sites for hydroxylation is 3. The summed E-state index contributed by atoms with van der Waals surface area (Å²) < 4.78 is 21.5.